The van der Waals surface area contributed by atoms with E-state index in [1.165, 1.54) is 0 Å². The van der Waals surface area contributed by atoms with E-state index in [1.54, 1.807) is 25.1 Å². The minimum Gasteiger partial charge on any atom is -0.326 e. The standard InChI is InChI=1S/C15H20ClN3O2/c1-2-14(20)18-11-3-4-12(16)13(8-11)19-15(21)7-10-5-6-17-9-10/h3-4,8,10,17H,2,5-7,9H2,1H3,(H,18,20)(H,19,21). The molecule has 2 rings (SSSR count). The van der Waals surface area contributed by atoms with Crippen molar-refractivity contribution in [2.24, 2.45) is 5.92 Å². The number of hydrogen-bond acceptors (Lipinski definition) is 3. The van der Waals surface area contributed by atoms with E-state index in [4.69, 9.17) is 11.6 Å². The maximum Gasteiger partial charge on any atom is 0.224 e. The van der Waals surface area contributed by atoms with Gasteiger partial charge in [0.2, 0.25) is 11.8 Å². The third kappa shape index (κ3) is 4.72. The van der Waals surface area contributed by atoms with Crippen molar-refractivity contribution in [1.29, 1.82) is 0 Å². The maximum atomic E-state index is 12.0. The third-order valence-corrected chi connectivity index (χ3v) is 3.81. The van der Waals surface area contributed by atoms with Gasteiger partial charge in [-0.15, -0.1) is 0 Å². The van der Waals surface area contributed by atoms with E-state index < -0.39 is 0 Å². The summed E-state index contributed by atoms with van der Waals surface area (Å²) >= 11 is 6.09. The van der Waals surface area contributed by atoms with E-state index in [9.17, 15) is 9.59 Å². The summed E-state index contributed by atoms with van der Waals surface area (Å²) in [6.07, 6.45) is 1.90. The molecule has 1 aliphatic rings. The molecule has 0 bridgehead atoms. The van der Waals surface area contributed by atoms with Crippen LogP contribution in [0.4, 0.5) is 11.4 Å². The molecule has 21 heavy (non-hydrogen) atoms. The van der Waals surface area contributed by atoms with Crippen LogP contribution in [-0.2, 0) is 9.59 Å². The van der Waals surface area contributed by atoms with Gasteiger partial charge in [0.15, 0.2) is 0 Å². The van der Waals surface area contributed by atoms with Gasteiger partial charge in [-0.25, -0.2) is 0 Å². The van der Waals surface area contributed by atoms with E-state index in [2.05, 4.69) is 16.0 Å². The molecule has 0 saturated carbocycles. The number of hydrogen-bond donors (Lipinski definition) is 3. The second-order valence-electron chi connectivity index (χ2n) is 5.21. The molecule has 2 amide bonds. The molecule has 0 aliphatic carbocycles. The van der Waals surface area contributed by atoms with Gasteiger partial charge >= 0.3 is 0 Å². The fourth-order valence-electron chi connectivity index (χ4n) is 2.30. The predicted octanol–water partition coefficient (Wildman–Crippen LogP) is 2.63. The van der Waals surface area contributed by atoms with Gasteiger partial charge in [-0.3, -0.25) is 9.59 Å². The van der Waals surface area contributed by atoms with E-state index in [0.717, 1.165) is 19.5 Å². The normalized spacial score (nSPS) is 17.5. The topological polar surface area (TPSA) is 70.2 Å². The highest BCUT2D eigenvalue weighted by molar-refractivity contribution is 6.33. The summed E-state index contributed by atoms with van der Waals surface area (Å²) in [5.74, 6) is 0.253. The first-order valence-corrected chi connectivity index (χ1v) is 7.56. The number of carbonyl (C=O) groups excluding carboxylic acids is 2. The molecule has 1 atom stereocenters. The summed E-state index contributed by atoms with van der Waals surface area (Å²) in [4.78, 5) is 23.4. The summed E-state index contributed by atoms with van der Waals surface area (Å²) in [6, 6.07) is 5.06. The van der Waals surface area contributed by atoms with Gasteiger partial charge in [0.1, 0.15) is 0 Å². The average molecular weight is 310 g/mol. The highest BCUT2D eigenvalue weighted by Gasteiger charge is 2.18. The van der Waals surface area contributed by atoms with Crippen molar-refractivity contribution in [3.8, 4) is 0 Å². The quantitative estimate of drug-likeness (QED) is 0.783. The van der Waals surface area contributed by atoms with Crippen LogP contribution in [0.2, 0.25) is 5.02 Å². The lowest BCUT2D eigenvalue weighted by molar-refractivity contribution is -0.117. The van der Waals surface area contributed by atoms with Crippen LogP contribution >= 0.6 is 11.6 Å². The molecule has 1 heterocycles. The Balaban J connectivity index is 1.99. The Morgan fingerprint density at radius 1 is 1.33 bits per heavy atom. The zero-order valence-corrected chi connectivity index (χ0v) is 12.8. The minimum atomic E-state index is -0.0772. The molecule has 0 spiro atoms. The average Bonchev–Trinajstić information content (AvgIpc) is 2.95. The van der Waals surface area contributed by atoms with Crippen molar-refractivity contribution in [3.05, 3.63) is 23.2 Å². The Labute approximate surface area is 129 Å². The third-order valence-electron chi connectivity index (χ3n) is 3.48. The molecule has 5 nitrogen and oxygen atoms in total. The van der Waals surface area contributed by atoms with Gasteiger partial charge in [-0.1, -0.05) is 18.5 Å². The SMILES string of the molecule is CCC(=O)Nc1ccc(Cl)c(NC(=O)CC2CCNC2)c1. The number of amides is 2. The Kier molecular flexibility index (Phi) is 5.59. The van der Waals surface area contributed by atoms with Crippen LogP contribution in [0.5, 0.6) is 0 Å². The largest absolute Gasteiger partial charge is 0.326 e. The van der Waals surface area contributed by atoms with Gasteiger partial charge in [-0.05, 0) is 43.6 Å². The number of benzene rings is 1. The highest BCUT2D eigenvalue weighted by Crippen LogP contribution is 2.26. The zero-order chi connectivity index (χ0) is 15.2. The molecule has 6 heteroatoms. The first kappa shape index (κ1) is 15.8. The summed E-state index contributed by atoms with van der Waals surface area (Å²) < 4.78 is 0. The molecule has 1 aromatic carbocycles. The highest BCUT2D eigenvalue weighted by atomic mass is 35.5. The lowest BCUT2D eigenvalue weighted by atomic mass is 10.0. The monoisotopic (exact) mass is 309 g/mol. The summed E-state index contributed by atoms with van der Waals surface area (Å²) in [5.41, 5.74) is 1.16. The van der Waals surface area contributed by atoms with Crippen molar-refractivity contribution >= 4 is 34.8 Å². The molecule has 1 saturated heterocycles. The molecule has 1 aromatic rings. The fourth-order valence-corrected chi connectivity index (χ4v) is 2.47. The first-order chi connectivity index (χ1) is 10.1. The molecule has 114 valence electrons. The summed E-state index contributed by atoms with van der Waals surface area (Å²) in [6.45, 7) is 3.63. The van der Waals surface area contributed by atoms with Crippen LogP contribution in [0.15, 0.2) is 18.2 Å². The number of rotatable bonds is 5. The van der Waals surface area contributed by atoms with Crippen LogP contribution < -0.4 is 16.0 Å². The Bertz CT molecular complexity index is 528. The van der Waals surface area contributed by atoms with E-state index in [1.807, 2.05) is 0 Å². The molecule has 0 aromatic heterocycles. The van der Waals surface area contributed by atoms with Crippen LogP contribution in [0.3, 0.4) is 0 Å². The fraction of sp³-hybridized carbons (Fsp3) is 0.467. The van der Waals surface area contributed by atoms with Crippen LogP contribution in [0, 0.1) is 5.92 Å². The van der Waals surface area contributed by atoms with Crippen LogP contribution in [0.25, 0.3) is 0 Å². The molecule has 1 unspecified atom stereocenters. The zero-order valence-electron chi connectivity index (χ0n) is 12.0. The molecular formula is C15H20ClN3O2. The molecule has 1 aliphatic heterocycles. The van der Waals surface area contributed by atoms with E-state index in [-0.39, 0.29) is 11.8 Å². The summed E-state index contributed by atoms with van der Waals surface area (Å²) in [7, 11) is 0. The minimum absolute atomic E-state index is 0.0513. The van der Waals surface area contributed by atoms with Gasteiger partial charge in [0.05, 0.1) is 10.7 Å². The molecular weight excluding hydrogens is 290 g/mol. The van der Waals surface area contributed by atoms with Crippen molar-refractivity contribution in [1.82, 2.24) is 5.32 Å². The molecule has 0 radical (unpaired) electrons. The van der Waals surface area contributed by atoms with Gasteiger partial charge in [-0.2, -0.15) is 0 Å². The number of carbonyl (C=O) groups is 2. The van der Waals surface area contributed by atoms with Crippen LogP contribution in [-0.4, -0.2) is 24.9 Å². The van der Waals surface area contributed by atoms with Gasteiger partial charge < -0.3 is 16.0 Å². The predicted molar refractivity (Wildman–Crippen MR) is 84.6 cm³/mol. The molecule has 3 N–H and O–H groups in total. The number of halogens is 1. The second-order valence-corrected chi connectivity index (χ2v) is 5.61. The van der Waals surface area contributed by atoms with Crippen molar-refractivity contribution in [3.63, 3.8) is 0 Å². The first-order valence-electron chi connectivity index (χ1n) is 7.18. The maximum absolute atomic E-state index is 12.0. The Hall–Kier alpha value is -1.59. The Morgan fingerprint density at radius 2 is 2.14 bits per heavy atom. The van der Waals surface area contributed by atoms with Crippen molar-refractivity contribution in [2.75, 3.05) is 23.7 Å². The lowest BCUT2D eigenvalue weighted by Crippen LogP contribution is -2.18. The van der Waals surface area contributed by atoms with Crippen molar-refractivity contribution in [2.45, 2.75) is 26.2 Å². The van der Waals surface area contributed by atoms with E-state index >= 15 is 0 Å². The van der Waals surface area contributed by atoms with Crippen molar-refractivity contribution < 1.29 is 9.59 Å². The molecule has 1 fully saturated rings. The number of anilines is 2. The summed E-state index contributed by atoms with van der Waals surface area (Å²) in [5, 5.41) is 9.26. The Morgan fingerprint density at radius 3 is 2.81 bits per heavy atom. The van der Waals surface area contributed by atoms with Crippen LogP contribution in [0.1, 0.15) is 26.2 Å². The number of nitrogens with one attached hydrogen (secondary N) is 3. The van der Waals surface area contributed by atoms with Gasteiger partial charge in [0, 0.05) is 18.5 Å². The smallest absolute Gasteiger partial charge is 0.224 e. The lowest BCUT2D eigenvalue weighted by Gasteiger charge is -2.12. The van der Waals surface area contributed by atoms with E-state index in [0.29, 0.717) is 35.2 Å². The second kappa shape index (κ2) is 7.43. The van der Waals surface area contributed by atoms with Gasteiger partial charge in [0.25, 0.3) is 0 Å².